The Hall–Kier alpha value is -1.55. The standard InChI is InChI=1S/C13H13NO2S/c1-3-12(15)11-5-4-10(8-14-11)17-13-6-7-16-9(13)2/h4-8H,3H2,1-2H3. The molecule has 0 radical (unpaired) electrons. The number of hydrogen-bond acceptors (Lipinski definition) is 4. The van der Waals surface area contributed by atoms with Crippen molar-refractivity contribution in [3.05, 3.63) is 42.1 Å². The smallest absolute Gasteiger partial charge is 0.180 e. The van der Waals surface area contributed by atoms with Crippen LogP contribution >= 0.6 is 11.8 Å². The molecule has 2 aromatic heterocycles. The van der Waals surface area contributed by atoms with Gasteiger partial charge in [0.05, 0.1) is 11.2 Å². The highest BCUT2D eigenvalue weighted by atomic mass is 32.2. The van der Waals surface area contributed by atoms with E-state index < -0.39 is 0 Å². The van der Waals surface area contributed by atoms with Crippen molar-refractivity contribution in [3.8, 4) is 0 Å². The molecule has 0 saturated heterocycles. The van der Waals surface area contributed by atoms with Gasteiger partial charge < -0.3 is 4.42 Å². The topological polar surface area (TPSA) is 43.1 Å². The monoisotopic (exact) mass is 247 g/mol. The van der Waals surface area contributed by atoms with E-state index in [0.717, 1.165) is 15.6 Å². The lowest BCUT2D eigenvalue weighted by Gasteiger charge is -2.01. The Morgan fingerprint density at radius 1 is 1.41 bits per heavy atom. The van der Waals surface area contributed by atoms with Crippen molar-refractivity contribution in [3.63, 3.8) is 0 Å². The molecule has 4 heteroatoms. The second-order valence-corrected chi connectivity index (χ2v) is 4.71. The van der Waals surface area contributed by atoms with Gasteiger partial charge in [-0.2, -0.15) is 0 Å². The number of hydrogen-bond donors (Lipinski definition) is 0. The van der Waals surface area contributed by atoms with Crippen LogP contribution in [0.25, 0.3) is 0 Å². The molecule has 0 aliphatic carbocycles. The fourth-order valence-electron chi connectivity index (χ4n) is 1.39. The largest absolute Gasteiger partial charge is 0.468 e. The summed E-state index contributed by atoms with van der Waals surface area (Å²) in [4.78, 5) is 17.6. The molecule has 2 aromatic rings. The van der Waals surface area contributed by atoms with Crippen LogP contribution in [0.5, 0.6) is 0 Å². The zero-order chi connectivity index (χ0) is 12.3. The second kappa shape index (κ2) is 5.19. The van der Waals surface area contributed by atoms with Gasteiger partial charge >= 0.3 is 0 Å². The van der Waals surface area contributed by atoms with E-state index in [1.165, 1.54) is 0 Å². The van der Waals surface area contributed by atoms with E-state index >= 15 is 0 Å². The van der Waals surface area contributed by atoms with Crippen LogP contribution in [0.1, 0.15) is 29.6 Å². The van der Waals surface area contributed by atoms with Crippen LogP contribution in [-0.2, 0) is 0 Å². The van der Waals surface area contributed by atoms with Gasteiger partial charge in [0.25, 0.3) is 0 Å². The Balaban J connectivity index is 2.14. The van der Waals surface area contributed by atoms with E-state index in [1.807, 2.05) is 26.0 Å². The number of carbonyl (C=O) groups excluding carboxylic acids is 1. The molecular weight excluding hydrogens is 234 g/mol. The normalized spacial score (nSPS) is 10.5. The fraction of sp³-hybridized carbons (Fsp3) is 0.231. The number of furan rings is 1. The van der Waals surface area contributed by atoms with Crippen molar-refractivity contribution in [2.75, 3.05) is 0 Å². The van der Waals surface area contributed by atoms with Gasteiger partial charge in [-0.15, -0.1) is 0 Å². The van der Waals surface area contributed by atoms with Gasteiger partial charge in [0.15, 0.2) is 5.78 Å². The minimum absolute atomic E-state index is 0.0704. The van der Waals surface area contributed by atoms with Crippen LogP contribution < -0.4 is 0 Å². The lowest BCUT2D eigenvalue weighted by Crippen LogP contribution is -1.99. The van der Waals surface area contributed by atoms with Gasteiger partial charge in [0.1, 0.15) is 11.5 Å². The average molecular weight is 247 g/mol. The van der Waals surface area contributed by atoms with Crippen LogP contribution in [0.4, 0.5) is 0 Å². The maximum absolute atomic E-state index is 11.4. The van der Waals surface area contributed by atoms with Crippen LogP contribution in [-0.4, -0.2) is 10.8 Å². The highest BCUT2D eigenvalue weighted by Gasteiger charge is 2.07. The quantitative estimate of drug-likeness (QED) is 0.772. The summed E-state index contributed by atoms with van der Waals surface area (Å²) >= 11 is 1.58. The molecule has 0 bridgehead atoms. The Labute approximate surface area is 104 Å². The highest BCUT2D eigenvalue weighted by molar-refractivity contribution is 7.99. The Bertz CT molecular complexity index is 516. The molecule has 0 fully saturated rings. The van der Waals surface area contributed by atoms with Gasteiger partial charge in [0.2, 0.25) is 0 Å². The Kier molecular flexibility index (Phi) is 3.64. The van der Waals surface area contributed by atoms with Crippen LogP contribution in [0.15, 0.2) is 44.9 Å². The molecule has 0 atom stereocenters. The van der Waals surface area contributed by atoms with Crippen LogP contribution in [0.2, 0.25) is 0 Å². The van der Waals surface area contributed by atoms with Crippen LogP contribution in [0, 0.1) is 6.92 Å². The van der Waals surface area contributed by atoms with Crippen molar-refractivity contribution < 1.29 is 9.21 Å². The summed E-state index contributed by atoms with van der Waals surface area (Å²) in [5, 5.41) is 0. The summed E-state index contributed by atoms with van der Waals surface area (Å²) in [7, 11) is 0. The fourth-order valence-corrected chi connectivity index (χ4v) is 2.20. The molecule has 2 heterocycles. The first-order valence-electron chi connectivity index (χ1n) is 5.42. The van der Waals surface area contributed by atoms with Gasteiger partial charge in [0, 0.05) is 17.5 Å². The zero-order valence-corrected chi connectivity index (χ0v) is 10.6. The van der Waals surface area contributed by atoms with E-state index in [2.05, 4.69) is 4.98 Å². The number of carbonyl (C=O) groups is 1. The molecule has 0 amide bonds. The average Bonchev–Trinajstić information content (AvgIpc) is 2.75. The van der Waals surface area contributed by atoms with Gasteiger partial charge in [-0.3, -0.25) is 9.78 Å². The number of Topliss-reactive ketones (excluding diaryl/α,β-unsaturated/α-hetero) is 1. The van der Waals surface area contributed by atoms with E-state index in [-0.39, 0.29) is 5.78 Å². The van der Waals surface area contributed by atoms with E-state index in [0.29, 0.717) is 12.1 Å². The first-order valence-corrected chi connectivity index (χ1v) is 6.23. The third-order valence-corrected chi connectivity index (χ3v) is 3.50. The molecule has 0 aliphatic heterocycles. The summed E-state index contributed by atoms with van der Waals surface area (Å²) in [6.07, 6.45) is 3.88. The summed E-state index contributed by atoms with van der Waals surface area (Å²) < 4.78 is 5.22. The lowest BCUT2D eigenvalue weighted by atomic mass is 10.2. The van der Waals surface area contributed by atoms with Gasteiger partial charge in [-0.1, -0.05) is 18.7 Å². The Morgan fingerprint density at radius 3 is 2.76 bits per heavy atom. The summed E-state index contributed by atoms with van der Waals surface area (Å²) in [6.45, 7) is 3.76. The molecule has 0 N–H and O–H groups in total. The lowest BCUT2D eigenvalue weighted by molar-refractivity contribution is 0.0983. The van der Waals surface area contributed by atoms with Gasteiger partial charge in [-0.05, 0) is 25.1 Å². The minimum atomic E-state index is 0.0704. The molecule has 0 unspecified atom stereocenters. The van der Waals surface area contributed by atoms with E-state index in [4.69, 9.17) is 4.42 Å². The molecule has 0 spiro atoms. The molecular formula is C13H13NO2S. The summed E-state index contributed by atoms with van der Waals surface area (Å²) in [6, 6.07) is 5.60. The maximum Gasteiger partial charge on any atom is 0.180 e. The Morgan fingerprint density at radius 2 is 2.24 bits per heavy atom. The number of nitrogens with zero attached hydrogens (tertiary/aromatic N) is 1. The molecule has 0 aromatic carbocycles. The van der Waals surface area contributed by atoms with Crippen molar-refractivity contribution in [1.82, 2.24) is 4.98 Å². The van der Waals surface area contributed by atoms with Crippen molar-refractivity contribution in [2.45, 2.75) is 30.1 Å². The maximum atomic E-state index is 11.4. The number of aryl methyl sites for hydroxylation is 1. The van der Waals surface area contributed by atoms with Crippen LogP contribution in [0.3, 0.4) is 0 Å². The number of aromatic nitrogens is 1. The van der Waals surface area contributed by atoms with Gasteiger partial charge in [-0.25, -0.2) is 0 Å². The number of pyridine rings is 1. The predicted octanol–water partition coefficient (Wildman–Crippen LogP) is 3.73. The number of rotatable bonds is 4. The third-order valence-electron chi connectivity index (χ3n) is 2.38. The third kappa shape index (κ3) is 2.77. The highest BCUT2D eigenvalue weighted by Crippen LogP contribution is 2.30. The molecule has 0 saturated carbocycles. The SMILES string of the molecule is CCC(=O)c1ccc(Sc2ccoc2C)cn1. The first-order chi connectivity index (χ1) is 8.20. The van der Waals surface area contributed by atoms with Crippen molar-refractivity contribution in [1.29, 1.82) is 0 Å². The van der Waals surface area contributed by atoms with Crippen molar-refractivity contribution in [2.24, 2.45) is 0 Å². The van der Waals surface area contributed by atoms with E-state index in [9.17, 15) is 4.79 Å². The summed E-state index contributed by atoms with van der Waals surface area (Å²) in [5.41, 5.74) is 0.528. The molecule has 88 valence electrons. The molecule has 17 heavy (non-hydrogen) atoms. The van der Waals surface area contributed by atoms with E-state index in [1.54, 1.807) is 30.3 Å². The minimum Gasteiger partial charge on any atom is -0.468 e. The predicted molar refractivity (Wildman–Crippen MR) is 66.4 cm³/mol. The first kappa shape index (κ1) is 11.9. The molecule has 2 rings (SSSR count). The molecule has 0 aliphatic rings. The van der Waals surface area contributed by atoms with Crippen molar-refractivity contribution >= 4 is 17.5 Å². The second-order valence-electron chi connectivity index (χ2n) is 3.60. The zero-order valence-electron chi connectivity index (χ0n) is 9.77. The summed E-state index contributed by atoms with van der Waals surface area (Å²) in [5.74, 6) is 0.963. The number of ketones is 1. The molecule has 3 nitrogen and oxygen atoms in total.